The molecule has 2 saturated heterocycles. The van der Waals surface area contributed by atoms with Crippen molar-refractivity contribution >= 4 is 40.1 Å². The summed E-state index contributed by atoms with van der Waals surface area (Å²) in [6.45, 7) is 12.7. The lowest BCUT2D eigenvalue weighted by molar-refractivity contribution is -0.136. The second kappa shape index (κ2) is 12.9. The summed E-state index contributed by atoms with van der Waals surface area (Å²) >= 11 is 6.15. The zero-order valence-electron chi connectivity index (χ0n) is 25.8. The van der Waals surface area contributed by atoms with Crippen molar-refractivity contribution in [2.75, 3.05) is 44.2 Å². The Morgan fingerprint density at radius 3 is 2.19 bits per heavy atom. The highest BCUT2D eigenvalue weighted by atomic mass is 35.5. The van der Waals surface area contributed by atoms with Crippen molar-refractivity contribution in [1.82, 2.24) is 14.5 Å². The van der Waals surface area contributed by atoms with Crippen molar-refractivity contribution in [3.05, 3.63) is 64.4 Å². The molecule has 3 fully saturated rings. The first-order chi connectivity index (χ1) is 20.3. The standard InChI is InChI=1S/C33H44ClFN4O3S/c1-21(2)29(36-43(42)33(3,4)5)25-7-6-8-28(35)30(25)37-15-17-38(18-16-37)32(41)27-20-39(31(40)23-9-10-23)19-26(27)22-11-13-24(34)14-12-22/h6-8,11-14,21,23,26-27,29,36H,9-10,15-20H2,1-5H3/t26-,27+,29+,43+/m1/s1. The third-order valence-corrected chi connectivity index (χ3v) is 10.7. The van der Waals surface area contributed by atoms with Gasteiger partial charge in [-0.1, -0.05) is 49.7 Å². The molecule has 2 heterocycles. The van der Waals surface area contributed by atoms with Crippen LogP contribution in [0.5, 0.6) is 0 Å². The maximum atomic E-state index is 15.5. The number of carbonyl (C=O) groups excluding carboxylic acids is 2. The predicted molar refractivity (Wildman–Crippen MR) is 171 cm³/mol. The lowest BCUT2D eigenvalue weighted by atomic mass is 9.88. The summed E-state index contributed by atoms with van der Waals surface area (Å²) in [4.78, 5) is 32.8. The molecule has 234 valence electrons. The Bertz CT molecular complexity index is 1350. The summed E-state index contributed by atoms with van der Waals surface area (Å²) in [7, 11) is -1.33. The van der Waals surface area contributed by atoms with Crippen LogP contribution in [-0.2, 0) is 20.6 Å². The van der Waals surface area contributed by atoms with Gasteiger partial charge in [0.05, 0.1) is 27.3 Å². The number of halogens is 2. The van der Waals surface area contributed by atoms with Gasteiger partial charge in [0.1, 0.15) is 5.82 Å². The number of hydrogen-bond donors (Lipinski definition) is 1. The number of para-hydroxylation sites is 1. The van der Waals surface area contributed by atoms with Crippen LogP contribution in [0.3, 0.4) is 0 Å². The molecule has 5 rings (SSSR count). The molecule has 1 saturated carbocycles. The van der Waals surface area contributed by atoms with E-state index in [2.05, 4.69) is 4.72 Å². The molecule has 2 aliphatic heterocycles. The lowest BCUT2D eigenvalue weighted by Gasteiger charge is -2.39. The van der Waals surface area contributed by atoms with Crippen LogP contribution >= 0.6 is 11.6 Å². The molecule has 2 aromatic carbocycles. The number of anilines is 1. The van der Waals surface area contributed by atoms with E-state index >= 15 is 4.39 Å². The highest BCUT2D eigenvalue weighted by Gasteiger charge is 2.45. The van der Waals surface area contributed by atoms with E-state index in [9.17, 15) is 13.8 Å². The van der Waals surface area contributed by atoms with E-state index in [0.29, 0.717) is 50.0 Å². The number of amides is 2. The zero-order chi connectivity index (χ0) is 31.1. The van der Waals surface area contributed by atoms with Gasteiger partial charge in [0.25, 0.3) is 0 Å². The number of carbonyl (C=O) groups is 2. The van der Waals surface area contributed by atoms with E-state index < -0.39 is 15.7 Å². The molecule has 0 spiro atoms. The van der Waals surface area contributed by atoms with Gasteiger partial charge < -0.3 is 14.7 Å². The Morgan fingerprint density at radius 2 is 1.60 bits per heavy atom. The number of hydrogen-bond acceptors (Lipinski definition) is 4. The molecule has 1 N–H and O–H groups in total. The van der Waals surface area contributed by atoms with Gasteiger partial charge in [-0.05, 0) is 68.9 Å². The highest BCUT2D eigenvalue weighted by molar-refractivity contribution is 7.84. The van der Waals surface area contributed by atoms with Gasteiger partial charge >= 0.3 is 0 Å². The number of benzene rings is 2. The summed E-state index contributed by atoms with van der Waals surface area (Å²) in [5.74, 6) is -0.370. The van der Waals surface area contributed by atoms with Crippen LogP contribution in [0.2, 0.25) is 5.02 Å². The maximum Gasteiger partial charge on any atom is 0.228 e. The minimum absolute atomic E-state index is 0.0433. The lowest BCUT2D eigenvalue weighted by Crippen LogP contribution is -2.52. The van der Waals surface area contributed by atoms with Crippen LogP contribution in [0.25, 0.3) is 0 Å². The normalized spacial score (nSPS) is 22.7. The summed E-state index contributed by atoms with van der Waals surface area (Å²) < 4.78 is 31.4. The highest BCUT2D eigenvalue weighted by Crippen LogP contribution is 2.40. The van der Waals surface area contributed by atoms with Crippen molar-refractivity contribution < 1.29 is 18.2 Å². The minimum atomic E-state index is -1.33. The molecule has 7 nitrogen and oxygen atoms in total. The Labute approximate surface area is 262 Å². The molecule has 43 heavy (non-hydrogen) atoms. The summed E-state index contributed by atoms with van der Waals surface area (Å²) in [6, 6.07) is 12.4. The monoisotopic (exact) mass is 630 g/mol. The van der Waals surface area contributed by atoms with Crippen LogP contribution in [0.15, 0.2) is 42.5 Å². The smallest absolute Gasteiger partial charge is 0.228 e. The third kappa shape index (κ3) is 7.10. The molecule has 3 aliphatic rings. The Morgan fingerprint density at radius 1 is 0.953 bits per heavy atom. The molecule has 0 aromatic heterocycles. The molecule has 2 aromatic rings. The van der Waals surface area contributed by atoms with Crippen molar-refractivity contribution in [1.29, 1.82) is 0 Å². The molecule has 1 aliphatic carbocycles. The van der Waals surface area contributed by atoms with Crippen LogP contribution in [0.1, 0.15) is 70.5 Å². The van der Waals surface area contributed by atoms with Gasteiger partial charge in [-0.15, -0.1) is 0 Å². The number of rotatable bonds is 8. The van der Waals surface area contributed by atoms with Crippen LogP contribution in [0, 0.1) is 23.6 Å². The first-order valence-electron chi connectivity index (χ1n) is 15.4. The maximum absolute atomic E-state index is 15.5. The fourth-order valence-corrected chi connectivity index (χ4v) is 7.33. The molecular weight excluding hydrogens is 587 g/mol. The predicted octanol–water partition coefficient (Wildman–Crippen LogP) is 5.53. The number of nitrogens with one attached hydrogen (secondary N) is 1. The first-order valence-corrected chi connectivity index (χ1v) is 16.9. The van der Waals surface area contributed by atoms with Gasteiger partial charge in [-0.2, -0.15) is 0 Å². The minimum Gasteiger partial charge on any atom is -0.365 e. The van der Waals surface area contributed by atoms with Gasteiger partial charge in [-0.25, -0.2) is 13.3 Å². The number of piperazine rings is 1. The van der Waals surface area contributed by atoms with Crippen molar-refractivity contribution in [2.45, 2.75) is 64.2 Å². The zero-order valence-corrected chi connectivity index (χ0v) is 27.4. The van der Waals surface area contributed by atoms with Gasteiger partial charge in [-0.3, -0.25) is 9.59 Å². The summed E-state index contributed by atoms with van der Waals surface area (Å²) in [6.07, 6.45) is 1.86. The molecule has 0 bridgehead atoms. The number of likely N-dealkylation sites (tertiary alicyclic amines) is 1. The SMILES string of the molecule is CC(C)[C@H](N[S@@](=O)C(C)(C)C)c1cccc(F)c1N1CCN(C(=O)[C@H]2CN(C(=O)C3CC3)C[C@@H]2c2ccc(Cl)cc2)CC1. The summed E-state index contributed by atoms with van der Waals surface area (Å²) in [5, 5.41) is 0.638. The van der Waals surface area contributed by atoms with Crippen molar-refractivity contribution in [2.24, 2.45) is 17.8 Å². The van der Waals surface area contributed by atoms with Gasteiger partial charge in [0, 0.05) is 62.2 Å². The van der Waals surface area contributed by atoms with Gasteiger partial charge in [0.15, 0.2) is 0 Å². The molecule has 0 radical (unpaired) electrons. The molecule has 2 amide bonds. The van der Waals surface area contributed by atoms with Crippen molar-refractivity contribution in [3.8, 4) is 0 Å². The van der Waals surface area contributed by atoms with E-state index in [-0.39, 0.29) is 47.3 Å². The van der Waals surface area contributed by atoms with E-state index in [1.165, 1.54) is 6.07 Å². The largest absolute Gasteiger partial charge is 0.365 e. The average Bonchev–Trinajstić information content (AvgIpc) is 3.73. The van der Waals surface area contributed by atoms with E-state index in [4.69, 9.17) is 11.6 Å². The second-order valence-electron chi connectivity index (χ2n) is 13.5. The van der Waals surface area contributed by atoms with E-state index in [0.717, 1.165) is 24.0 Å². The Kier molecular flexibility index (Phi) is 9.54. The average molecular weight is 631 g/mol. The Hall–Kier alpha value is -2.49. The molecule has 10 heteroatoms. The van der Waals surface area contributed by atoms with Crippen molar-refractivity contribution in [3.63, 3.8) is 0 Å². The Balaban J connectivity index is 1.32. The fourth-order valence-electron chi connectivity index (χ4n) is 6.22. The van der Waals surface area contributed by atoms with E-state index in [1.54, 1.807) is 6.07 Å². The topological polar surface area (TPSA) is 73.0 Å². The van der Waals surface area contributed by atoms with E-state index in [1.807, 2.05) is 79.7 Å². The molecular formula is C33H44ClFN4O3S. The number of nitrogens with zero attached hydrogens (tertiary/aromatic N) is 3. The summed E-state index contributed by atoms with van der Waals surface area (Å²) in [5.41, 5.74) is 2.30. The first kappa shape index (κ1) is 31.9. The fraction of sp³-hybridized carbons (Fsp3) is 0.576. The second-order valence-corrected chi connectivity index (χ2v) is 15.9. The van der Waals surface area contributed by atoms with Crippen LogP contribution in [-0.4, -0.2) is 69.8 Å². The van der Waals surface area contributed by atoms with Crippen LogP contribution < -0.4 is 9.62 Å². The van der Waals surface area contributed by atoms with Crippen LogP contribution in [0.4, 0.5) is 10.1 Å². The molecule has 0 unspecified atom stereocenters. The third-order valence-electron chi connectivity index (χ3n) is 8.89. The molecule has 4 atom stereocenters. The van der Waals surface area contributed by atoms with Gasteiger partial charge in [0.2, 0.25) is 11.8 Å². The quantitative estimate of drug-likeness (QED) is 0.416.